The third kappa shape index (κ3) is 4.26. The first-order chi connectivity index (χ1) is 12.2. The third-order valence-electron chi connectivity index (χ3n) is 4.54. The van der Waals surface area contributed by atoms with Gasteiger partial charge in [-0.05, 0) is 25.8 Å². The predicted octanol–water partition coefficient (Wildman–Crippen LogP) is 3.08. The lowest BCUT2D eigenvalue weighted by atomic mass is 10.2. The number of nitrogens with zero attached hydrogens (tertiary/aromatic N) is 2. The zero-order valence-electron chi connectivity index (χ0n) is 14.7. The topological polar surface area (TPSA) is 76.1 Å². The number of hydrogen-bond acceptors (Lipinski definition) is 5. The molecular weight excluding hydrogens is 316 g/mol. The molecule has 6 nitrogen and oxygen atoms in total. The van der Waals surface area contributed by atoms with Gasteiger partial charge in [0, 0.05) is 24.3 Å². The highest BCUT2D eigenvalue weighted by molar-refractivity contribution is 5.95. The number of aryl methyl sites for hydroxylation is 1. The van der Waals surface area contributed by atoms with E-state index < -0.39 is 0 Å². The quantitative estimate of drug-likeness (QED) is 0.845. The van der Waals surface area contributed by atoms with Crippen molar-refractivity contribution in [2.75, 3.05) is 12.4 Å². The van der Waals surface area contributed by atoms with Gasteiger partial charge in [-0.2, -0.15) is 0 Å². The first-order valence-electron chi connectivity index (χ1n) is 8.67. The highest BCUT2D eigenvalue weighted by Gasteiger charge is 2.19. The fourth-order valence-corrected chi connectivity index (χ4v) is 3.13. The summed E-state index contributed by atoms with van der Waals surface area (Å²) in [6.45, 7) is 2.39. The number of rotatable bonds is 6. The lowest BCUT2D eigenvalue weighted by molar-refractivity contribution is 0.0936. The molecule has 6 heteroatoms. The van der Waals surface area contributed by atoms with E-state index in [4.69, 9.17) is 4.74 Å². The maximum absolute atomic E-state index is 12.4. The van der Waals surface area contributed by atoms with Gasteiger partial charge in [0.05, 0.1) is 18.4 Å². The summed E-state index contributed by atoms with van der Waals surface area (Å²) in [6, 6.07) is 8.08. The van der Waals surface area contributed by atoms with E-state index in [-0.39, 0.29) is 11.9 Å². The van der Waals surface area contributed by atoms with Crippen molar-refractivity contribution < 1.29 is 9.53 Å². The van der Waals surface area contributed by atoms with Gasteiger partial charge >= 0.3 is 0 Å². The summed E-state index contributed by atoms with van der Waals surface area (Å²) < 4.78 is 5.34. The van der Waals surface area contributed by atoms with Gasteiger partial charge in [-0.3, -0.25) is 4.79 Å². The van der Waals surface area contributed by atoms with Crippen LogP contribution in [0.1, 0.15) is 47.3 Å². The smallest absolute Gasteiger partial charge is 0.254 e. The number of benzene rings is 1. The number of aromatic nitrogens is 2. The van der Waals surface area contributed by atoms with Crippen molar-refractivity contribution in [2.24, 2.45) is 0 Å². The Kier molecular flexibility index (Phi) is 5.48. The lowest BCUT2D eigenvalue weighted by Crippen LogP contribution is -2.33. The fraction of sp³-hybridized carbons (Fsp3) is 0.421. The Morgan fingerprint density at radius 3 is 2.76 bits per heavy atom. The monoisotopic (exact) mass is 340 g/mol. The Labute approximate surface area is 148 Å². The van der Waals surface area contributed by atoms with E-state index in [0.29, 0.717) is 23.8 Å². The van der Waals surface area contributed by atoms with Crippen LogP contribution in [0.2, 0.25) is 0 Å². The summed E-state index contributed by atoms with van der Waals surface area (Å²) in [5, 5.41) is 6.25. The van der Waals surface area contributed by atoms with Crippen LogP contribution < -0.4 is 15.4 Å². The molecule has 1 fully saturated rings. The number of anilines is 1. The van der Waals surface area contributed by atoms with E-state index >= 15 is 0 Å². The van der Waals surface area contributed by atoms with Gasteiger partial charge in [-0.15, -0.1) is 0 Å². The Balaban J connectivity index is 1.64. The van der Waals surface area contributed by atoms with Crippen molar-refractivity contribution in [1.29, 1.82) is 0 Å². The molecule has 1 aromatic heterocycles. The van der Waals surface area contributed by atoms with Crippen LogP contribution in [-0.4, -0.2) is 29.0 Å². The Hall–Kier alpha value is -2.63. The minimum absolute atomic E-state index is 0.0827. The SMILES string of the molecule is COc1ccccc1CNc1ncc(C(=O)NC2CCCC2)c(C)n1. The second kappa shape index (κ2) is 7.96. The average Bonchev–Trinajstić information content (AvgIpc) is 3.13. The standard InChI is InChI=1S/C19H24N4O2/c1-13-16(18(24)23-15-8-4-5-9-15)12-21-19(22-13)20-11-14-7-3-6-10-17(14)25-2/h3,6-7,10,12,15H,4-5,8-9,11H2,1-2H3,(H,23,24)(H,20,21,22). The number of methoxy groups -OCH3 is 1. The van der Waals surface area contributed by atoms with Crippen molar-refractivity contribution in [3.8, 4) is 5.75 Å². The summed E-state index contributed by atoms with van der Waals surface area (Å²) in [5.74, 6) is 1.24. The Morgan fingerprint density at radius 2 is 2.04 bits per heavy atom. The van der Waals surface area contributed by atoms with Crippen LogP contribution in [0.3, 0.4) is 0 Å². The molecule has 0 aliphatic heterocycles. The normalized spacial score (nSPS) is 14.3. The highest BCUT2D eigenvalue weighted by atomic mass is 16.5. The van der Waals surface area contributed by atoms with E-state index in [2.05, 4.69) is 20.6 Å². The molecule has 1 aliphatic rings. The van der Waals surface area contributed by atoms with Gasteiger partial charge in [-0.1, -0.05) is 31.0 Å². The van der Waals surface area contributed by atoms with Crippen LogP contribution in [0.4, 0.5) is 5.95 Å². The van der Waals surface area contributed by atoms with E-state index in [9.17, 15) is 4.79 Å². The second-order valence-corrected chi connectivity index (χ2v) is 6.31. The summed E-state index contributed by atoms with van der Waals surface area (Å²) in [6.07, 6.45) is 6.09. The minimum Gasteiger partial charge on any atom is -0.496 e. The van der Waals surface area contributed by atoms with E-state index in [1.54, 1.807) is 13.3 Å². The molecule has 3 rings (SSSR count). The minimum atomic E-state index is -0.0827. The number of carbonyl (C=O) groups excluding carboxylic acids is 1. The number of ether oxygens (including phenoxy) is 1. The number of hydrogen-bond donors (Lipinski definition) is 2. The zero-order chi connectivity index (χ0) is 17.6. The predicted molar refractivity (Wildman–Crippen MR) is 96.8 cm³/mol. The average molecular weight is 340 g/mol. The molecule has 0 saturated heterocycles. The van der Waals surface area contributed by atoms with Gasteiger partial charge in [-0.25, -0.2) is 9.97 Å². The van der Waals surface area contributed by atoms with Crippen LogP contribution in [0, 0.1) is 6.92 Å². The van der Waals surface area contributed by atoms with Crippen LogP contribution in [0.25, 0.3) is 0 Å². The van der Waals surface area contributed by atoms with Crippen LogP contribution in [0.15, 0.2) is 30.5 Å². The molecule has 1 amide bonds. The number of nitrogens with one attached hydrogen (secondary N) is 2. The summed E-state index contributed by atoms with van der Waals surface area (Å²) >= 11 is 0. The van der Waals surface area contributed by atoms with E-state index in [1.807, 2.05) is 31.2 Å². The van der Waals surface area contributed by atoms with Crippen molar-refractivity contribution in [2.45, 2.75) is 45.2 Å². The molecule has 1 aliphatic carbocycles. The second-order valence-electron chi connectivity index (χ2n) is 6.31. The van der Waals surface area contributed by atoms with E-state index in [0.717, 1.165) is 24.2 Å². The number of para-hydroxylation sites is 1. The van der Waals surface area contributed by atoms with Gasteiger partial charge < -0.3 is 15.4 Å². The molecule has 1 heterocycles. The molecule has 132 valence electrons. The fourth-order valence-electron chi connectivity index (χ4n) is 3.13. The molecule has 1 aromatic carbocycles. The first kappa shape index (κ1) is 17.2. The van der Waals surface area contributed by atoms with Crippen LogP contribution in [-0.2, 0) is 6.54 Å². The summed E-state index contributed by atoms with van der Waals surface area (Å²) in [7, 11) is 1.65. The molecule has 0 spiro atoms. The largest absolute Gasteiger partial charge is 0.496 e. The molecule has 0 bridgehead atoms. The summed E-state index contributed by atoms with van der Waals surface area (Å²) in [5.41, 5.74) is 2.23. The van der Waals surface area contributed by atoms with Gasteiger partial charge in [0.2, 0.25) is 5.95 Å². The van der Waals surface area contributed by atoms with Gasteiger partial charge in [0.15, 0.2) is 0 Å². The van der Waals surface area contributed by atoms with E-state index in [1.165, 1.54) is 12.8 Å². The van der Waals surface area contributed by atoms with Crippen molar-refractivity contribution in [3.63, 3.8) is 0 Å². The number of amides is 1. The Morgan fingerprint density at radius 1 is 1.28 bits per heavy atom. The van der Waals surface area contributed by atoms with Crippen molar-refractivity contribution >= 4 is 11.9 Å². The Bertz CT molecular complexity index is 742. The van der Waals surface area contributed by atoms with Gasteiger partial charge in [0.1, 0.15) is 5.75 Å². The molecule has 0 atom stereocenters. The lowest BCUT2D eigenvalue weighted by Gasteiger charge is -2.13. The summed E-state index contributed by atoms with van der Waals surface area (Å²) in [4.78, 5) is 21.1. The first-order valence-corrected chi connectivity index (χ1v) is 8.67. The molecule has 2 N–H and O–H groups in total. The highest BCUT2D eigenvalue weighted by Crippen LogP contribution is 2.20. The van der Waals surface area contributed by atoms with Crippen molar-refractivity contribution in [3.05, 3.63) is 47.3 Å². The van der Waals surface area contributed by atoms with Crippen molar-refractivity contribution in [1.82, 2.24) is 15.3 Å². The van der Waals surface area contributed by atoms with Gasteiger partial charge in [0.25, 0.3) is 5.91 Å². The number of carbonyl (C=O) groups is 1. The maximum Gasteiger partial charge on any atom is 0.254 e. The zero-order valence-corrected chi connectivity index (χ0v) is 14.7. The van der Waals surface area contributed by atoms with Crippen LogP contribution in [0.5, 0.6) is 5.75 Å². The molecular formula is C19H24N4O2. The maximum atomic E-state index is 12.4. The molecule has 0 unspecified atom stereocenters. The third-order valence-corrected chi connectivity index (χ3v) is 4.54. The molecule has 2 aromatic rings. The van der Waals surface area contributed by atoms with Crippen LogP contribution >= 0.6 is 0 Å². The molecule has 0 radical (unpaired) electrons. The molecule has 25 heavy (non-hydrogen) atoms. The molecule has 1 saturated carbocycles.